The van der Waals surface area contributed by atoms with Gasteiger partial charge in [0.2, 0.25) is 0 Å². The number of rotatable bonds is 7. The molecule has 1 aromatic carbocycles. The molecular weight excluding hydrogens is 244 g/mol. The molecule has 5 heteroatoms. The Morgan fingerprint density at radius 3 is 2.53 bits per heavy atom. The average Bonchev–Trinajstić information content (AvgIpc) is 2.45. The van der Waals surface area contributed by atoms with Crippen LogP contribution in [0.4, 0.5) is 0 Å². The first-order valence-corrected chi connectivity index (χ1v) is 6.26. The molecule has 0 spiro atoms. The summed E-state index contributed by atoms with van der Waals surface area (Å²) in [6, 6.07) is 5.20. The van der Waals surface area contributed by atoms with Gasteiger partial charge in [0.25, 0.3) is 5.91 Å². The number of benzene rings is 1. The Balaban J connectivity index is 2.76. The van der Waals surface area contributed by atoms with E-state index in [1.165, 1.54) is 0 Å². The van der Waals surface area contributed by atoms with E-state index in [-0.39, 0.29) is 5.91 Å². The van der Waals surface area contributed by atoms with Crippen molar-refractivity contribution in [3.63, 3.8) is 0 Å². The predicted octanol–water partition coefficient (Wildman–Crippen LogP) is 1.39. The zero-order chi connectivity index (χ0) is 14.3. The number of ether oxygens (including phenoxy) is 2. The van der Waals surface area contributed by atoms with Crippen LogP contribution < -0.4 is 14.8 Å². The van der Waals surface area contributed by atoms with Gasteiger partial charge in [-0.1, -0.05) is 0 Å². The molecule has 1 rings (SSSR count). The van der Waals surface area contributed by atoms with Gasteiger partial charge in [-0.15, -0.1) is 0 Å². The Labute approximate surface area is 114 Å². The van der Waals surface area contributed by atoms with E-state index in [0.717, 1.165) is 13.0 Å². The largest absolute Gasteiger partial charge is 0.493 e. The number of hydrogen-bond acceptors (Lipinski definition) is 4. The van der Waals surface area contributed by atoms with E-state index in [4.69, 9.17) is 9.47 Å². The fourth-order valence-electron chi connectivity index (χ4n) is 1.78. The molecule has 0 aliphatic heterocycles. The fourth-order valence-corrected chi connectivity index (χ4v) is 1.78. The van der Waals surface area contributed by atoms with Crippen LogP contribution in [0.2, 0.25) is 0 Å². The van der Waals surface area contributed by atoms with E-state index >= 15 is 0 Å². The second-order valence-corrected chi connectivity index (χ2v) is 4.25. The third kappa shape index (κ3) is 4.13. The van der Waals surface area contributed by atoms with Crippen LogP contribution >= 0.6 is 0 Å². The molecule has 0 atom stereocenters. The van der Waals surface area contributed by atoms with Gasteiger partial charge in [0.05, 0.1) is 14.2 Å². The smallest absolute Gasteiger partial charge is 0.253 e. The van der Waals surface area contributed by atoms with Crippen LogP contribution in [0.25, 0.3) is 0 Å². The van der Waals surface area contributed by atoms with Gasteiger partial charge in [-0.05, 0) is 38.2 Å². The van der Waals surface area contributed by atoms with Gasteiger partial charge in [0.15, 0.2) is 11.5 Å². The molecule has 19 heavy (non-hydrogen) atoms. The minimum absolute atomic E-state index is 0.0166. The molecule has 0 saturated heterocycles. The normalized spacial score (nSPS) is 10.1. The molecule has 0 unspecified atom stereocenters. The van der Waals surface area contributed by atoms with Gasteiger partial charge < -0.3 is 19.7 Å². The van der Waals surface area contributed by atoms with Crippen LogP contribution in [-0.4, -0.2) is 52.2 Å². The Bertz CT molecular complexity index is 421. The number of carbonyl (C=O) groups excluding carboxylic acids is 1. The number of carbonyl (C=O) groups is 1. The van der Waals surface area contributed by atoms with Gasteiger partial charge in [0, 0.05) is 19.2 Å². The Morgan fingerprint density at radius 2 is 1.95 bits per heavy atom. The van der Waals surface area contributed by atoms with Gasteiger partial charge >= 0.3 is 0 Å². The van der Waals surface area contributed by atoms with Crippen molar-refractivity contribution >= 4 is 5.91 Å². The lowest BCUT2D eigenvalue weighted by atomic mass is 10.1. The molecule has 0 bridgehead atoms. The summed E-state index contributed by atoms with van der Waals surface area (Å²) in [7, 11) is 6.83. The lowest BCUT2D eigenvalue weighted by Gasteiger charge is -2.18. The maximum Gasteiger partial charge on any atom is 0.253 e. The molecule has 1 amide bonds. The molecular formula is C14H22N2O3. The highest BCUT2D eigenvalue weighted by Crippen LogP contribution is 2.27. The van der Waals surface area contributed by atoms with Gasteiger partial charge in [-0.25, -0.2) is 0 Å². The molecule has 5 nitrogen and oxygen atoms in total. The van der Waals surface area contributed by atoms with E-state index < -0.39 is 0 Å². The monoisotopic (exact) mass is 266 g/mol. The molecule has 0 saturated carbocycles. The van der Waals surface area contributed by atoms with Crippen LogP contribution in [0, 0.1) is 0 Å². The maximum absolute atomic E-state index is 12.2. The van der Waals surface area contributed by atoms with Gasteiger partial charge in [-0.3, -0.25) is 4.79 Å². The van der Waals surface area contributed by atoms with Crippen molar-refractivity contribution in [2.24, 2.45) is 0 Å². The summed E-state index contributed by atoms with van der Waals surface area (Å²) >= 11 is 0. The van der Waals surface area contributed by atoms with E-state index in [0.29, 0.717) is 23.6 Å². The molecule has 106 valence electrons. The van der Waals surface area contributed by atoms with Crippen LogP contribution in [-0.2, 0) is 0 Å². The molecule has 0 aliphatic rings. The molecule has 0 heterocycles. The van der Waals surface area contributed by atoms with E-state index in [9.17, 15) is 4.79 Å². The van der Waals surface area contributed by atoms with Crippen molar-refractivity contribution < 1.29 is 14.3 Å². The van der Waals surface area contributed by atoms with Crippen LogP contribution in [0.1, 0.15) is 16.8 Å². The van der Waals surface area contributed by atoms with Crippen molar-refractivity contribution in [2.75, 3.05) is 41.4 Å². The SMILES string of the molecule is CNCCCN(C)C(=O)c1ccc(OC)c(OC)c1. The molecule has 0 radical (unpaired) electrons. The third-order valence-electron chi connectivity index (χ3n) is 2.90. The summed E-state index contributed by atoms with van der Waals surface area (Å²) in [5.41, 5.74) is 0.601. The third-order valence-corrected chi connectivity index (χ3v) is 2.90. The Hall–Kier alpha value is -1.75. The van der Waals surface area contributed by atoms with Crippen LogP contribution in [0.5, 0.6) is 11.5 Å². The molecule has 0 aromatic heterocycles. The second kappa shape index (κ2) is 7.63. The molecule has 0 fully saturated rings. The minimum Gasteiger partial charge on any atom is -0.493 e. The number of nitrogens with zero attached hydrogens (tertiary/aromatic N) is 1. The van der Waals surface area contributed by atoms with Gasteiger partial charge in [0.1, 0.15) is 0 Å². The van der Waals surface area contributed by atoms with E-state index in [1.54, 1.807) is 44.4 Å². The lowest BCUT2D eigenvalue weighted by molar-refractivity contribution is 0.0793. The van der Waals surface area contributed by atoms with Crippen molar-refractivity contribution in [1.82, 2.24) is 10.2 Å². The highest BCUT2D eigenvalue weighted by molar-refractivity contribution is 5.94. The number of methoxy groups -OCH3 is 2. The average molecular weight is 266 g/mol. The van der Waals surface area contributed by atoms with Crippen molar-refractivity contribution in [3.8, 4) is 11.5 Å². The molecule has 0 aliphatic carbocycles. The second-order valence-electron chi connectivity index (χ2n) is 4.25. The number of amides is 1. The molecule has 1 aromatic rings. The summed E-state index contributed by atoms with van der Waals surface area (Å²) in [6.45, 7) is 1.61. The summed E-state index contributed by atoms with van der Waals surface area (Å²) in [6.07, 6.45) is 0.923. The predicted molar refractivity (Wildman–Crippen MR) is 75.1 cm³/mol. The van der Waals surface area contributed by atoms with Crippen molar-refractivity contribution in [2.45, 2.75) is 6.42 Å². The number of nitrogens with one attached hydrogen (secondary N) is 1. The first-order valence-electron chi connectivity index (χ1n) is 6.26. The fraction of sp³-hybridized carbons (Fsp3) is 0.500. The lowest BCUT2D eigenvalue weighted by Crippen LogP contribution is -2.29. The highest BCUT2D eigenvalue weighted by atomic mass is 16.5. The quantitative estimate of drug-likeness (QED) is 0.758. The zero-order valence-electron chi connectivity index (χ0n) is 12.0. The summed E-state index contributed by atoms with van der Waals surface area (Å²) in [5.74, 6) is 1.17. The van der Waals surface area contributed by atoms with Crippen molar-refractivity contribution in [3.05, 3.63) is 23.8 Å². The summed E-state index contributed by atoms with van der Waals surface area (Å²) < 4.78 is 10.4. The highest BCUT2D eigenvalue weighted by Gasteiger charge is 2.14. The Morgan fingerprint density at radius 1 is 1.26 bits per heavy atom. The van der Waals surface area contributed by atoms with E-state index in [1.807, 2.05) is 7.05 Å². The topological polar surface area (TPSA) is 50.8 Å². The summed E-state index contributed by atoms with van der Waals surface area (Å²) in [5, 5.41) is 3.06. The first kappa shape index (κ1) is 15.3. The van der Waals surface area contributed by atoms with E-state index in [2.05, 4.69) is 5.32 Å². The minimum atomic E-state index is -0.0166. The van der Waals surface area contributed by atoms with Gasteiger partial charge in [-0.2, -0.15) is 0 Å². The Kier molecular flexibility index (Phi) is 6.15. The standard InChI is InChI=1S/C14H22N2O3/c1-15-8-5-9-16(2)14(17)11-6-7-12(18-3)13(10-11)19-4/h6-7,10,15H,5,8-9H2,1-4H3. The van der Waals surface area contributed by atoms with Crippen molar-refractivity contribution in [1.29, 1.82) is 0 Å². The van der Waals surface area contributed by atoms with Crippen LogP contribution in [0.15, 0.2) is 18.2 Å². The number of hydrogen-bond donors (Lipinski definition) is 1. The summed E-state index contributed by atoms with van der Waals surface area (Å²) in [4.78, 5) is 13.9. The maximum atomic E-state index is 12.2. The van der Waals surface area contributed by atoms with Crippen LogP contribution in [0.3, 0.4) is 0 Å². The first-order chi connectivity index (χ1) is 9.13. The molecule has 1 N–H and O–H groups in total. The zero-order valence-corrected chi connectivity index (χ0v) is 12.0.